The number of hydrogen-bond donors (Lipinski definition) is 1. The molecule has 1 aliphatic rings. The van der Waals surface area contributed by atoms with Crippen LogP contribution in [0.4, 0.5) is 5.69 Å². The number of benzene rings is 1. The highest BCUT2D eigenvalue weighted by Crippen LogP contribution is 2.32. The van der Waals surface area contributed by atoms with Crippen molar-refractivity contribution in [2.24, 2.45) is 0 Å². The predicted molar refractivity (Wildman–Crippen MR) is 74.1 cm³/mol. The van der Waals surface area contributed by atoms with Crippen molar-refractivity contribution in [3.05, 3.63) is 45.5 Å². The molecule has 1 aromatic heterocycles. The topological polar surface area (TPSA) is 68.1 Å². The van der Waals surface area contributed by atoms with Crippen LogP contribution in [0.15, 0.2) is 30.5 Å². The molecule has 0 bridgehead atoms. The summed E-state index contributed by atoms with van der Waals surface area (Å²) in [6, 6.07) is 7.38. The largest absolute Gasteiger partial charge is 0.309 e. The number of nitrogens with zero attached hydrogens (tertiary/aromatic N) is 2. The number of nitro benzene ring substituents is 1. The summed E-state index contributed by atoms with van der Waals surface area (Å²) in [4.78, 5) is 16.0. The number of hydrogen-bond acceptors (Lipinski definition) is 5. The third-order valence-corrected chi connectivity index (χ3v) is 4.06. The van der Waals surface area contributed by atoms with Gasteiger partial charge in [0.15, 0.2) is 0 Å². The fourth-order valence-electron chi connectivity index (χ4n) is 1.86. The summed E-state index contributed by atoms with van der Waals surface area (Å²) in [5.41, 5.74) is 0.703. The van der Waals surface area contributed by atoms with Gasteiger partial charge in [0.1, 0.15) is 5.01 Å². The first-order valence-electron chi connectivity index (χ1n) is 6.16. The van der Waals surface area contributed by atoms with Crippen LogP contribution in [0.2, 0.25) is 0 Å². The van der Waals surface area contributed by atoms with Crippen molar-refractivity contribution in [2.75, 3.05) is 0 Å². The van der Waals surface area contributed by atoms with Crippen molar-refractivity contribution in [3.63, 3.8) is 0 Å². The van der Waals surface area contributed by atoms with E-state index in [1.54, 1.807) is 24.4 Å². The van der Waals surface area contributed by atoms with E-state index in [-0.39, 0.29) is 10.6 Å². The van der Waals surface area contributed by atoms with Gasteiger partial charge in [-0.15, -0.1) is 11.3 Å². The first-order chi connectivity index (χ1) is 9.24. The summed E-state index contributed by atoms with van der Waals surface area (Å²) < 4.78 is 0. The zero-order valence-electron chi connectivity index (χ0n) is 10.2. The van der Waals surface area contributed by atoms with E-state index >= 15 is 0 Å². The van der Waals surface area contributed by atoms with Gasteiger partial charge >= 0.3 is 0 Å². The fourth-order valence-corrected chi connectivity index (χ4v) is 2.76. The highest BCUT2D eigenvalue weighted by Gasteiger charge is 2.21. The van der Waals surface area contributed by atoms with E-state index in [0.29, 0.717) is 16.6 Å². The SMILES string of the molecule is O=[N+]([O-])c1ccccc1-c1ncc(CNC2CC2)s1. The maximum absolute atomic E-state index is 11.0. The molecule has 0 radical (unpaired) electrons. The lowest BCUT2D eigenvalue weighted by atomic mass is 10.2. The Morgan fingerprint density at radius 3 is 2.95 bits per heavy atom. The minimum Gasteiger partial charge on any atom is -0.309 e. The number of thiazole rings is 1. The lowest BCUT2D eigenvalue weighted by molar-refractivity contribution is -0.384. The molecule has 0 spiro atoms. The van der Waals surface area contributed by atoms with Gasteiger partial charge in [-0.1, -0.05) is 12.1 Å². The number of aromatic nitrogens is 1. The molecular formula is C13H13N3O2S. The molecule has 0 atom stereocenters. The molecule has 1 aromatic carbocycles. The Hall–Kier alpha value is -1.79. The second kappa shape index (κ2) is 5.07. The molecule has 19 heavy (non-hydrogen) atoms. The van der Waals surface area contributed by atoms with Crippen LogP contribution in [0.1, 0.15) is 17.7 Å². The summed E-state index contributed by atoms with van der Waals surface area (Å²) >= 11 is 1.51. The molecule has 5 nitrogen and oxygen atoms in total. The molecule has 1 fully saturated rings. The van der Waals surface area contributed by atoms with Gasteiger partial charge in [-0.25, -0.2) is 4.98 Å². The van der Waals surface area contributed by atoms with Crippen molar-refractivity contribution in [1.29, 1.82) is 0 Å². The Morgan fingerprint density at radius 1 is 1.42 bits per heavy atom. The molecule has 0 unspecified atom stereocenters. The summed E-state index contributed by atoms with van der Waals surface area (Å²) in [7, 11) is 0. The van der Waals surface area contributed by atoms with Gasteiger partial charge in [0.05, 0.1) is 10.5 Å². The second-order valence-electron chi connectivity index (χ2n) is 4.56. The van der Waals surface area contributed by atoms with Crippen molar-refractivity contribution < 1.29 is 4.92 Å². The van der Waals surface area contributed by atoms with Gasteiger partial charge in [-0.3, -0.25) is 10.1 Å². The highest BCUT2D eigenvalue weighted by atomic mass is 32.1. The molecule has 0 aliphatic heterocycles. The van der Waals surface area contributed by atoms with Crippen LogP contribution in [-0.4, -0.2) is 15.9 Å². The monoisotopic (exact) mass is 275 g/mol. The van der Waals surface area contributed by atoms with Gasteiger partial charge in [0, 0.05) is 29.7 Å². The molecule has 6 heteroatoms. The number of nitrogens with one attached hydrogen (secondary N) is 1. The van der Waals surface area contributed by atoms with Crippen LogP contribution in [0.3, 0.4) is 0 Å². The third-order valence-electron chi connectivity index (χ3n) is 3.03. The zero-order chi connectivity index (χ0) is 13.2. The molecule has 1 heterocycles. The Balaban J connectivity index is 1.83. The van der Waals surface area contributed by atoms with Gasteiger partial charge in [0.25, 0.3) is 5.69 Å². The number of rotatable bonds is 5. The van der Waals surface area contributed by atoms with E-state index in [1.165, 1.54) is 30.2 Å². The molecule has 1 saturated carbocycles. The van der Waals surface area contributed by atoms with Crippen molar-refractivity contribution in [3.8, 4) is 10.6 Å². The first kappa shape index (κ1) is 12.3. The predicted octanol–water partition coefficient (Wildman–Crippen LogP) is 2.97. The number of para-hydroxylation sites is 1. The molecule has 2 aromatic rings. The Kier molecular flexibility index (Phi) is 3.27. The van der Waals surface area contributed by atoms with Crippen LogP contribution in [-0.2, 0) is 6.54 Å². The quantitative estimate of drug-likeness (QED) is 0.673. The standard InChI is InChI=1S/C13H13N3O2S/c17-16(18)12-4-2-1-3-11(12)13-15-8-10(19-13)7-14-9-5-6-9/h1-4,8-9,14H,5-7H2. The minimum atomic E-state index is -0.362. The van der Waals surface area contributed by atoms with E-state index in [4.69, 9.17) is 0 Å². The Labute approximate surface area is 114 Å². The summed E-state index contributed by atoms with van der Waals surface area (Å²) in [6.07, 6.45) is 4.29. The van der Waals surface area contributed by atoms with Crippen molar-refractivity contribution in [1.82, 2.24) is 10.3 Å². The molecule has 0 saturated heterocycles. The van der Waals surface area contributed by atoms with E-state index < -0.39 is 0 Å². The first-order valence-corrected chi connectivity index (χ1v) is 6.97. The van der Waals surface area contributed by atoms with Gasteiger partial charge in [-0.2, -0.15) is 0 Å². The van der Waals surface area contributed by atoms with Crippen LogP contribution in [0.5, 0.6) is 0 Å². The van der Waals surface area contributed by atoms with Gasteiger partial charge < -0.3 is 5.32 Å². The highest BCUT2D eigenvalue weighted by molar-refractivity contribution is 7.15. The normalized spacial score (nSPS) is 14.5. The van der Waals surface area contributed by atoms with Gasteiger partial charge in [0.2, 0.25) is 0 Å². The van der Waals surface area contributed by atoms with E-state index in [9.17, 15) is 10.1 Å². The summed E-state index contributed by atoms with van der Waals surface area (Å²) in [6.45, 7) is 0.795. The van der Waals surface area contributed by atoms with Crippen molar-refractivity contribution in [2.45, 2.75) is 25.4 Å². The molecule has 1 aliphatic carbocycles. The summed E-state index contributed by atoms with van der Waals surface area (Å²) in [5, 5.41) is 15.1. The third kappa shape index (κ3) is 2.80. The Bertz CT molecular complexity index is 607. The average Bonchev–Trinajstić information content (AvgIpc) is 3.13. The van der Waals surface area contributed by atoms with Crippen molar-refractivity contribution >= 4 is 17.0 Å². The van der Waals surface area contributed by atoms with Crippen LogP contribution >= 0.6 is 11.3 Å². The number of nitro groups is 1. The van der Waals surface area contributed by atoms with E-state index in [2.05, 4.69) is 10.3 Å². The van der Waals surface area contributed by atoms with Crippen LogP contribution in [0.25, 0.3) is 10.6 Å². The van der Waals surface area contributed by atoms with E-state index in [0.717, 1.165) is 11.4 Å². The lowest BCUT2D eigenvalue weighted by Crippen LogP contribution is -2.14. The maximum atomic E-state index is 11.0. The van der Waals surface area contributed by atoms with Crippen LogP contribution < -0.4 is 5.32 Å². The zero-order valence-corrected chi connectivity index (χ0v) is 11.0. The smallest absolute Gasteiger partial charge is 0.279 e. The molecule has 98 valence electrons. The fraction of sp³-hybridized carbons (Fsp3) is 0.308. The lowest BCUT2D eigenvalue weighted by Gasteiger charge is -1.99. The van der Waals surface area contributed by atoms with E-state index in [1.807, 2.05) is 0 Å². The minimum absolute atomic E-state index is 0.110. The maximum Gasteiger partial charge on any atom is 0.279 e. The molecule has 3 rings (SSSR count). The van der Waals surface area contributed by atoms with Gasteiger partial charge in [-0.05, 0) is 18.9 Å². The van der Waals surface area contributed by atoms with Crippen LogP contribution in [0, 0.1) is 10.1 Å². The Morgan fingerprint density at radius 2 is 2.21 bits per heavy atom. The molecular weight excluding hydrogens is 262 g/mol. The molecule has 1 N–H and O–H groups in total. The summed E-state index contributed by atoms with van der Waals surface area (Å²) in [5.74, 6) is 0. The molecule has 0 amide bonds. The second-order valence-corrected chi connectivity index (χ2v) is 5.68. The average molecular weight is 275 g/mol.